The highest BCUT2D eigenvalue weighted by Gasteiger charge is 2.30. The van der Waals surface area contributed by atoms with Gasteiger partial charge in [-0.2, -0.15) is 0 Å². The summed E-state index contributed by atoms with van der Waals surface area (Å²) in [7, 11) is 5.83. The lowest BCUT2D eigenvalue weighted by Crippen LogP contribution is -2.50. The molecular formula is C28H44N4O17S2. The zero-order chi connectivity index (χ0) is 39.7. The Morgan fingerprint density at radius 3 is 1.49 bits per heavy atom. The van der Waals surface area contributed by atoms with Crippen LogP contribution in [0.4, 0.5) is 0 Å². The number of carboxylic acids is 2. The molecular weight excluding hydrogens is 728 g/mol. The van der Waals surface area contributed by atoms with E-state index in [9.17, 15) is 47.9 Å². The van der Waals surface area contributed by atoms with E-state index in [1.54, 1.807) is 0 Å². The first kappa shape index (κ1) is 48.5. The van der Waals surface area contributed by atoms with Gasteiger partial charge in [0.05, 0.1) is 48.4 Å². The molecule has 0 saturated heterocycles. The number of thioether (sulfide) groups is 2. The van der Waals surface area contributed by atoms with Crippen molar-refractivity contribution in [2.24, 2.45) is 5.73 Å². The minimum Gasteiger partial charge on any atom is -0.480 e. The highest BCUT2D eigenvalue weighted by Crippen LogP contribution is 2.20. The maximum absolute atomic E-state index is 12.2. The van der Waals surface area contributed by atoms with E-state index in [4.69, 9.17) is 15.9 Å². The summed E-state index contributed by atoms with van der Waals surface area (Å²) in [6.07, 6.45) is -1.03. The molecule has 0 saturated carbocycles. The number of nitrogens with one attached hydrogen (secondary N) is 3. The van der Waals surface area contributed by atoms with Gasteiger partial charge in [0, 0.05) is 24.9 Å². The number of aliphatic carboxylic acids is 2. The summed E-state index contributed by atoms with van der Waals surface area (Å²) in [5, 5.41) is 22.4. The SMILES string of the molecule is COC(=O)CC(SC[C@H](NC(=O)CC[C@H](N)C(=O)O)C(=O)NCC(=O)O)C(=O)OC.COC(=O)CC(SC[C@H](NC(C)=O)C(=O)OC)C(=O)OC. The Labute approximate surface area is 301 Å². The third-order valence-corrected chi connectivity index (χ3v) is 8.52. The average molecular weight is 773 g/mol. The molecule has 0 fully saturated rings. The van der Waals surface area contributed by atoms with Crippen LogP contribution in [0.5, 0.6) is 0 Å². The highest BCUT2D eigenvalue weighted by atomic mass is 32.2. The molecule has 7 N–H and O–H groups in total. The molecule has 2 unspecified atom stereocenters. The van der Waals surface area contributed by atoms with E-state index >= 15 is 0 Å². The van der Waals surface area contributed by atoms with Crippen molar-refractivity contribution < 1.29 is 81.8 Å². The molecule has 0 aliphatic heterocycles. The van der Waals surface area contributed by atoms with Crippen LogP contribution in [-0.2, 0) is 71.6 Å². The summed E-state index contributed by atoms with van der Waals surface area (Å²) in [6, 6.07) is -3.46. The number of hydrogen-bond acceptors (Lipinski definition) is 18. The maximum Gasteiger partial charge on any atom is 0.329 e. The van der Waals surface area contributed by atoms with Gasteiger partial charge in [-0.05, 0) is 6.42 Å². The molecule has 23 heteroatoms. The Hall–Kier alpha value is -4.64. The van der Waals surface area contributed by atoms with E-state index in [1.807, 2.05) is 0 Å². The average Bonchev–Trinajstić information content (AvgIpc) is 3.10. The molecule has 0 aromatic carbocycles. The van der Waals surface area contributed by atoms with Gasteiger partial charge in [0.2, 0.25) is 17.7 Å². The third kappa shape index (κ3) is 22.7. The number of amides is 3. The molecule has 0 heterocycles. The number of hydrogen-bond donors (Lipinski definition) is 6. The van der Waals surface area contributed by atoms with Gasteiger partial charge >= 0.3 is 41.8 Å². The lowest BCUT2D eigenvalue weighted by molar-refractivity contribution is -0.146. The fourth-order valence-corrected chi connectivity index (χ4v) is 5.56. The first-order valence-electron chi connectivity index (χ1n) is 14.5. The van der Waals surface area contributed by atoms with E-state index in [0.717, 1.165) is 37.7 Å². The molecule has 0 aliphatic carbocycles. The zero-order valence-corrected chi connectivity index (χ0v) is 30.4. The van der Waals surface area contributed by atoms with Gasteiger partial charge in [0.1, 0.15) is 35.2 Å². The van der Waals surface area contributed by atoms with E-state index in [1.165, 1.54) is 28.3 Å². The van der Waals surface area contributed by atoms with Crippen molar-refractivity contribution in [3.63, 3.8) is 0 Å². The standard InChI is InChI=1S/C16H25N3O10S.C12H19NO7S/c1-28-13(23)5-10(16(27)29-2)30-7-9(14(24)18-6-12(21)22)19-11(20)4-3-8(17)15(25)26;1-7(14)13-8(11(16)19-3)6-21-9(12(17)20-4)5-10(15)18-2/h8-10H,3-7,17H2,1-2H3,(H,18,24)(H,19,20)(H,21,22)(H,25,26);8-9H,5-6H2,1-4H3,(H,13,14)/t8-,9-,10?;8-,9?/m00/s1. The molecule has 290 valence electrons. The fourth-order valence-electron chi connectivity index (χ4n) is 3.28. The summed E-state index contributed by atoms with van der Waals surface area (Å²) < 4.78 is 22.7. The van der Waals surface area contributed by atoms with Crippen LogP contribution in [0.1, 0.15) is 32.6 Å². The summed E-state index contributed by atoms with van der Waals surface area (Å²) in [5.41, 5.74) is 5.32. The summed E-state index contributed by atoms with van der Waals surface area (Å²) >= 11 is 1.82. The van der Waals surface area contributed by atoms with Gasteiger partial charge in [-0.3, -0.25) is 43.2 Å². The quantitative estimate of drug-likeness (QED) is 0.0478. The monoisotopic (exact) mass is 772 g/mol. The number of carbonyl (C=O) groups is 10. The molecule has 5 atom stereocenters. The zero-order valence-electron chi connectivity index (χ0n) is 28.7. The highest BCUT2D eigenvalue weighted by molar-refractivity contribution is 8.00. The van der Waals surface area contributed by atoms with Crippen LogP contribution in [0.2, 0.25) is 0 Å². The van der Waals surface area contributed by atoms with Crippen LogP contribution in [0.15, 0.2) is 0 Å². The van der Waals surface area contributed by atoms with Crippen LogP contribution < -0.4 is 21.7 Å². The van der Waals surface area contributed by atoms with E-state index < -0.39 is 94.7 Å². The third-order valence-electron chi connectivity index (χ3n) is 5.94. The smallest absolute Gasteiger partial charge is 0.329 e. The Bertz CT molecular complexity index is 1240. The number of esters is 5. The van der Waals surface area contributed by atoms with Crippen molar-refractivity contribution in [3.8, 4) is 0 Å². The number of rotatable bonds is 22. The number of methoxy groups -OCH3 is 5. The lowest BCUT2D eigenvalue weighted by atomic mass is 10.1. The van der Waals surface area contributed by atoms with Gasteiger partial charge in [0.15, 0.2) is 0 Å². The van der Waals surface area contributed by atoms with Crippen molar-refractivity contribution in [1.29, 1.82) is 0 Å². The second-order valence-electron chi connectivity index (χ2n) is 9.74. The first-order valence-corrected chi connectivity index (χ1v) is 16.6. The molecule has 51 heavy (non-hydrogen) atoms. The number of carbonyl (C=O) groups excluding carboxylic acids is 8. The predicted octanol–water partition coefficient (Wildman–Crippen LogP) is -2.80. The van der Waals surface area contributed by atoms with E-state index in [2.05, 4.69) is 39.6 Å². The minimum absolute atomic E-state index is 0.0585. The van der Waals surface area contributed by atoms with Crippen molar-refractivity contribution in [1.82, 2.24) is 16.0 Å². The predicted molar refractivity (Wildman–Crippen MR) is 177 cm³/mol. The Balaban J connectivity index is 0. The number of ether oxygens (including phenoxy) is 5. The second-order valence-corrected chi connectivity index (χ2v) is 12.2. The van der Waals surface area contributed by atoms with Crippen molar-refractivity contribution >= 4 is 83.0 Å². The van der Waals surface area contributed by atoms with Crippen LogP contribution in [0.3, 0.4) is 0 Å². The molecule has 0 aliphatic rings. The van der Waals surface area contributed by atoms with Crippen molar-refractivity contribution in [3.05, 3.63) is 0 Å². The number of carboxylic acid groups (broad SMARTS) is 2. The van der Waals surface area contributed by atoms with Gasteiger partial charge < -0.3 is 55.6 Å². The molecule has 21 nitrogen and oxygen atoms in total. The van der Waals surface area contributed by atoms with Crippen LogP contribution in [-0.4, -0.2) is 152 Å². The van der Waals surface area contributed by atoms with E-state index in [0.29, 0.717) is 0 Å². The minimum atomic E-state index is -1.31. The maximum atomic E-state index is 12.2. The fraction of sp³-hybridized carbons (Fsp3) is 0.643. The summed E-state index contributed by atoms with van der Waals surface area (Å²) in [4.78, 5) is 114. The van der Waals surface area contributed by atoms with E-state index in [-0.39, 0.29) is 37.2 Å². The van der Waals surface area contributed by atoms with Gasteiger partial charge in [-0.1, -0.05) is 0 Å². The molecule has 0 bridgehead atoms. The lowest BCUT2D eigenvalue weighted by Gasteiger charge is -2.20. The van der Waals surface area contributed by atoms with Crippen molar-refractivity contribution in [2.45, 2.75) is 61.2 Å². The molecule has 0 radical (unpaired) electrons. The van der Waals surface area contributed by atoms with Gasteiger partial charge in [-0.15, -0.1) is 23.5 Å². The molecule has 3 amide bonds. The Kier molecular flexibility index (Phi) is 25.8. The molecule has 0 rings (SSSR count). The van der Waals surface area contributed by atoms with Gasteiger partial charge in [0.25, 0.3) is 0 Å². The van der Waals surface area contributed by atoms with Gasteiger partial charge in [-0.25, -0.2) is 4.79 Å². The molecule has 0 spiro atoms. The second kappa shape index (κ2) is 27.1. The molecule has 0 aromatic rings. The summed E-state index contributed by atoms with van der Waals surface area (Å²) in [6.45, 7) is 0.551. The van der Waals surface area contributed by atoms with Crippen LogP contribution in [0.25, 0.3) is 0 Å². The van der Waals surface area contributed by atoms with Crippen molar-refractivity contribution in [2.75, 3.05) is 53.6 Å². The Morgan fingerprint density at radius 2 is 1.12 bits per heavy atom. The molecule has 0 aromatic heterocycles. The largest absolute Gasteiger partial charge is 0.480 e. The van der Waals surface area contributed by atoms with Crippen LogP contribution in [0, 0.1) is 0 Å². The topological polar surface area (TPSA) is 319 Å². The Morgan fingerprint density at radius 1 is 0.667 bits per heavy atom. The normalized spacial score (nSPS) is 13.1. The van der Waals surface area contributed by atoms with Crippen LogP contribution >= 0.6 is 23.5 Å². The summed E-state index contributed by atoms with van der Waals surface area (Å²) in [5.74, 6) is -8.00. The first-order chi connectivity index (χ1) is 23.9. The number of nitrogens with two attached hydrogens (primary N) is 1.